The highest BCUT2D eigenvalue weighted by molar-refractivity contribution is 9.10. The highest BCUT2D eigenvalue weighted by Crippen LogP contribution is 2.19. The Morgan fingerprint density at radius 3 is 2.59 bits per heavy atom. The summed E-state index contributed by atoms with van der Waals surface area (Å²) in [5, 5.41) is 6.50. The average Bonchev–Trinajstić information content (AvgIpc) is 2.57. The van der Waals surface area contributed by atoms with Gasteiger partial charge >= 0.3 is 0 Å². The Balaban J connectivity index is 1.66. The Kier molecular flexibility index (Phi) is 4.60. The van der Waals surface area contributed by atoms with Crippen molar-refractivity contribution in [1.29, 1.82) is 0 Å². The molecule has 2 N–H and O–H groups in total. The molecule has 5 nitrogen and oxygen atoms in total. The van der Waals surface area contributed by atoms with Crippen molar-refractivity contribution in [3.05, 3.63) is 71.2 Å². The van der Waals surface area contributed by atoms with E-state index in [1.165, 1.54) is 6.33 Å². The summed E-state index contributed by atoms with van der Waals surface area (Å²) in [6.45, 7) is 0.669. The number of aromatic nitrogens is 3. The van der Waals surface area contributed by atoms with Gasteiger partial charge < -0.3 is 10.6 Å². The maximum Gasteiger partial charge on any atom is 0.135 e. The molecule has 0 fully saturated rings. The topological polar surface area (TPSA) is 62.7 Å². The van der Waals surface area contributed by atoms with E-state index in [4.69, 9.17) is 0 Å². The van der Waals surface area contributed by atoms with Crippen LogP contribution in [0.25, 0.3) is 0 Å². The predicted octanol–water partition coefficient (Wildman–Crippen LogP) is 3.99. The Morgan fingerprint density at radius 2 is 1.82 bits per heavy atom. The first-order valence-corrected chi connectivity index (χ1v) is 7.56. The SMILES string of the molecule is Brc1ccc(Nc2cc(NCc3cccnc3)ncn2)cc1. The molecule has 2 heterocycles. The van der Waals surface area contributed by atoms with Crippen LogP contribution >= 0.6 is 15.9 Å². The molecule has 0 saturated heterocycles. The van der Waals surface area contributed by atoms with Crippen LogP contribution in [0.5, 0.6) is 0 Å². The second kappa shape index (κ2) is 7.00. The molecule has 3 rings (SSSR count). The summed E-state index contributed by atoms with van der Waals surface area (Å²) in [6, 6.07) is 13.7. The third kappa shape index (κ3) is 4.02. The standard InChI is InChI=1S/C16H14BrN5/c17-13-3-5-14(6-4-13)22-16-8-15(20-11-21-16)19-10-12-2-1-7-18-9-12/h1-9,11H,10H2,(H2,19,20,21,22). The summed E-state index contributed by atoms with van der Waals surface area (Å²) in [6.07, 6.45) is 5.12. The van der Waals surface area contributed by atoms with Crippen molar-refractivity contribution in [1.82, 2.24) is 15.0 Å². The number of hydrogen-bond donors (Lipinski definition) is 2. The number of hydrogen-bond acceptors (Lipinski definition) is 5. The van der Waals surface area contributed by atoms with Gasteiger partial charge in [0.25, 0.3) is 0 Å². The normalized spacial score (nSPS) is 10.2. The van der Waals surface area contributed by atoms with E-state index in [2.05, 4.69) is 41.5 Å². The Hall–Kier alpha value is -2.47. The minimum absolute atomic E-state index is 0.669. The monoisotopic (exact) mass is 355 g/mol. The van der Waals surface area contributed by atoms with E-state index in [1.54, 1.807) is 6.20 Å². The molecule has 0 aliphatic heterocycles. The number of benzene rings is 1. The minimum Gasteiger partial charge on any atom is -0.366 e. The molecule has 2 aromatic heterocycles. The van der Waals surface area contributed by atoms with Gasteiger partial charge in [-0.3, -0.25) is 4.98 Å². The molecule has 6 heteroatoms. The fourth-order valence-corrected chi connectivity index (χ4v) is 2.16. The molecule has 0 radical (unpaired) electrons. The number of pyridine rings is 1. The third-order valence-corrected chi connectivity index (χ3v) is 3.51. The molecule has 0 spiro atoms. The van der Waals surface area contributed by atoms with E-state index in [-0.39, 0.29) is 0 Å². The van der Waals surface area contributed by atoms with E-state index in [0.29, 0.717) is 6.54 Å². The van der Waals surface area contributed by atoms with Gasteiger partial charge in [0.2, 0.25) is 0 Å². The molecular weight excluding hydrogens is 342 g/mol. The van der Waals surface area contributed by atoms with Crippen molar-refractivity contribution in [3.8, 4) is 0 Å². The quantitative estimate of drug-likeness (QED) is 0.724. The minimum atomic E-state index is 0.669. The van der Waals surface area contributed by atoms with E-state index in [0.717, 1.165) is 27.4 Å². The Labute approximate surface area is 137 Å². The molecule has 1 aromatic carbocycles. The lowest BCUT2D eigenvalue weighted by Crippen LogP contribution is -2.03. The van der Waals surface area contributed by atoms with Crippen molar-refractivity contribution >= 4 is 33.3 Å². The number of anilines is 3. The fourth-order valence-electron chi connectivity index (χ4n) is 1.90. The third-order valence-electron chi connectivity index (χ3n) is 2.98. The molecule has 0 bridgehead atoms. The molecule has 0 amide bonds. The van der Waals surface area contributed by atoms with Gasteiger partial charge in [-0.25, -0.2) is 9.97 Å². The summed E-state index contributed by atoms with van der Waals surface area (Å²) in [5.41, 5.74) is 2.07. The predicted molar refractivity (Wildman–Crippen MR) is 91.0 cm³/mol. The van der Waals surface area contributed by atoms with Crippen molar-refractivity contribution in [2.24, 2.45) is 0 Å². The lowest BCUT2D eigenvalue weighted by Gasteiger charge is -2.08. The van der Waals surface area contributed by atoms with Gasteiger partial charge in [0.05, 0.1) is 0 Å². The van der Waals surface area contributed by atoms with Crippen LogP contribution in [0.4, 0.5) is 17.3 Å². The highest BCUT2D eigenvalue weighted by atomic mass is 79.9. The van der Waals surface area contributed by atoms with Gasteiger partial charge in [0.15, 0.2) is 0 Å². The van der Waals surface area contributed by atoms with Gasteiger partial charge in [-0.1, -0.05) is 22.0 Å². The van der Waals surface area contributed by atoms with Gasteiger partial charge in [0, 0.05) is 35.2 Å². The van der Waals surface area contributed by atoms with Crippen LogP contribution in [0.1, 0.15) is 5.56 Å². The van der Waals surface area contributed by atoms with Gasteiger partial charge in [-0.15, -0.1) is 0 Å². The maximum absolute atomic E-state index is 4.23. The van der Waals surface area contributed by atoms with Gasteiger partial charge in [0.1, 0.15) is 18.0 Å². The van der Waals surface area contributed by atoms with Gasteiger partial charge in [-0.2, -0.15) is 0 Å². The Bertz CT molecular complexity index is 731. The van der Waals surface area contributed by atoms with Crippen LogP contribution in [0.2, 0.25) is 0 Å². The first kappa shape index (κ1) is 14.5. The van der Waals surface area contributed by atoms with E-state index in [9.17, 15) is 0 Å². The molecule has 110 valence electrons. The Morgan fingerprint density at radius 1 is 1.00 bits per heavy atom. The molecule has 22 heavy (non-hydrogen) atoms. The van der Waals surface area contributed by atoms with E-state index < -0.39 is 0 Å². The van der Waals surface area contributed by atoms with Gasteiger partial charge in [-0.05, 0) is 35.9 Å². The zero-order valence-electron chi connectivity index (χ0n) is 11.7. The summed E-state index contributed by atoms with van der Waals surface area (Å²) in [4.78, 5) is 12.5. The van der Waals surface area contributed by atoms with E-state index in [1.807, 2.05) is 48.7 Å². The van der Waals surface area contributed by atoms with Crippen molar-refractivity contribution in [3.63, 3.8) is 0 Å². The first-order valence-electron chi connectivity index (χ1n) is 6.77. The van der Waals surface area contributed by atoms with Crippen molar-refractivity contribution in [2.45, 2.75) is 6.54 Å². The van der Waals surface area contributed by atoms with Crippen LogP contribution in [0.15, 0.2) is 65.7 Å². The second-order valence-electron chi connectivity index (χ2n) is 4.64. The summed E-state index contributed by atoms with van der Waals surface area (Å²) in [7, 11) is 0. The first-order chi connectivity index (χ1) is 10.8. The molecular formula is C16H14BrN5. The number of rotatable bonds is 5. The highest BCUT2D eigenvalue weighted by Gasteiger charge is 2.00. The van der Waals surface area contributed by atoms with E-state index >= 15 is 0 Å². The number of nitrogens with one attached hydrogen (secondary N) is 2. The zero-order valence-corrected chi connectivity index (χ0v) is 13.3. The molecule has 0 aliphatic rings. The number of halogens is 1. The molecule has 0 aliphatic carbocycles. The maximum atomic E-state index is 4.23. The van der Waals surface area contributed by atoms with Crippen LogP contribution in [-0.4, -0.2) is 15.0 Å². The number of nitrogens with zero attached hydrogens (tertiary/aromatic N) is 3. The lowest BCUT2D eigenvalue weighted by molar-refractivity contribution is 1.07. The summed E-state index contributed by atoms with van der Waals surface area (Å²) in [5.74, 6) is 1.50. The summed E-state index contributed by atoms with van der Waals surface area (Å²) >= 11 is 3.42. The zero-order chi connectivity index (χ0) is 15.2. The second-order valence-corrected chi connectivity index (χ2v) is 5.55. The average molecular weight is 356 g/mol. The molecule has 0 saturated carbocycles. The van der Waals surface area contributed by atoms with Crippen LogP contribution in [0, 0.1) is 0 Å². The largest absolute Gasteiger partial charge is 0.366 e. The molecule has 0 atom stereocenters. The van der Waals surface area contributed by atoms with Crippen LogP contribution < -0.4 is 10.6 Å². The molecule has 3 aromatic rings. The van der Waals surface area contributed by atoms with Crippen molar-refractivity contribution in [2.75, 3.05) is 10.6 Å². The molecule has 0 unspecified atom stereocenters. The summed E-state index contributed by atoms with van der Waals surface area (Å²) < 4.78 is 1.04. The van der Waals surface area contributed by atoms with Crippen LogP contribution in [-0.2, 0) is 6.54 Å². The van der Waals surface area contributed by atoms with Crippen molar-refractivity contribution < 1.29 is 0 Å². The smallest absolute Gasteiger partial charge is 0.135 e. The fraction of sp³-hybridized carbons (Fsp3) is 0.0625. The lowest BCUT2D eigenvalue weighted by atomic mass is 10.3. The van der Waals surface area contributed by atoms with Crippen LogP contribution in [0.3, 0.4) is 0 Å².